The molecule has 2 amide bonds. The molecule has 0 aliphatic rings. The highest BCUT2D eigenvalue weighted by Crippen LogP contribution is 2.17. The number of nitrogens with one attached hydrogen (secondary N) is 2. The molecule has 0 heterocycles. The number of likely N-dealkylation sites (N-methyl/N-ethyl adjacent to an activating group) is 1. The maximum Gasteiger partial charge on any atom is 0.405 e. The van der Waals surface area contributed by atoms with Gasteiger partial charge in [0.25, 0.3) is 5.91 Å². The predicted octanol–water partition coefficient (Wildman–Crippen LogP) is 3.72. The number of halogens is 5. The van der Waals surface area contributed by atoms with Crippen LogP contribution in [0.1, 0.15) is 22.8 Å². The van der Waals surface area contributed by atoms with Crippen LogP contribution in [-0.4, -0.2) is 42.5 Å². The van der Waals surface area contributed by atoms with Gasteiger partial charge in [0.2, 0.25) is 5.91 Å². The minimum absolute atomic E-state index is 0.0724. The average molecular weight is 429 g/mol. The van der Waals surface area contributed by atoms with Gasteiger partial charge < -0.3 is 10.6 Å². The maximum absolute atomic E-state index is 13.7. The number of rotatable bonds is 7. The standard InChI is InChI=1S/C20H20F5N3O2/c1-12(18(29)27-17-8-7-15(21)9-16(17)22)28(2)10-13-3-5-14(6-4-13)19(30)26-11-20(23,24)25/h3-9,12H,10-11H2,1-2H3,(H,26,30)(H,27,29)/t12-/m0/s1. The number of amides is 2. The van der Waals surface area contributed by atoms with Crippen molar-refractivity contribution in [2.24, 2.45) is 0 Å². The van der Waals surface area contributed by atoms with Gasteiger partial charge in [-0.1, -0.05) is 12.1 Å². The Morgan fingerprint density at radius 2 is 1.70 bits per heavy atom. The van der Waals surface area contributed by atoms with E-state index in [2.05, 4.69) is 5.32 Å². The van der Waals surface area contributed by atoms with Gasteiger partial charge in [-0.15, -0.1) is 0 Å². The third-order valence-corrected chi connectivity index (χ3v) is 4.33. The van der Waals surface area contributed by atoms with Gasteiger partial charge >= 0.3 is 6.18 Å². The Hall–Kier alpha value is -3.01. The number of hydrogen-bond donors (Lipinski definition) is 2. The van der Waals surface area contributed by atoms with E-state index in [1.165, 1.54) is 12.1 Å². The molecule has 0 bridgehead atoms. The monoisotopic (exact) mass is 429 g/mol. The first-order chi connectivity index (χ1) is 14.0. The number of benzene rings is 2. The molecule has 1 atom stereocenters. The number of alkyl halides is 3. The number of carbonyl (C=O) groups excluding carboxylic acids is 2. The number of nitrogens with zero attached hydrogens (tertiary/aromatic N) is 1. The van der Waals surface area contributed by atoms with Gasteiger partial charge in [-0.25, -0.2) is 8.78 Å². The normalized spacial score (nSPS) is 12.5. The molecule has 5 nitrogen and oxygen atoms in total. The van der Waals surface area contributed by atoms with Gasteiger partial charge in [0.15, 0.2) is 0 Å². The molecule has 30 heavy (non-hydrogen) atoms. The van der Waals surface area contributed by atoms with Gasteiger partial charge in [-0.3, -0.25) is 14.5 Å². The third-order valence-electron chi connectivity index (χ3n) is 4.33. The zero-order chi connectivity index (χ0) is 22.5. The van der Waals surface area contributed by atoms with Gasteiger partial charge in [-0.2, -0.15) is 13.2 Å². The molecule has 2 rings (SSSR count). The van der Waals surface area contributed by atoms with Crippen LogP contribution in [0.4, 0.5) is 27.6 Å². The topological polar surface area (TPSA) is 61.4 Å². The molecule has 2 aromatic rings. The minimum Gasteiger partial charge on any atom is -0.343 e. The second-order valence-corrected chi connectivity index (χ2v) is 6.70. The highest BCUT2D eigenvalue weighted by molar-refractivity contribution is 5.95. The van der Waals surface area contributed by atoms with Crippen LogP contribution >= 0.6 is 0 Å². The lowest BCUT2D eigenvalue weighted by atomic mass is 10.1. The summed E-state index contributed by atoms with van der Waals surface area (Å²) >= 11 is 0. The smallest absolute Gasteiger partial charge is 0.343 e. The Morgan fingerprint density at radius 3 is 2.27 bits per heavy atom. The van der Waals surface area contributed by atoms with E-state index in [9.17, 15) is 31.5 Å². The highest BCUT2D eigenvalue weighted by atomic mass is 19.4. The summed E-state index contributed by atoms with van der Waals surface area (Å²) in [7, 11) is 1.65. The van der Waals surface area contributed by atoms with Gasteiger partial charge in [0.05, 0.1) is 11.7 Å². The van der Waals surface area contributed by atoms with E-state index in [1.54, 1.807) is 36.3 Å². The fourth-order valence-electron chi connectivity index (χ4n) is 2.50. The second-order valence-electron chi connectivity index (χ2n) is 6.70. The summed E-state index contributed by atoms with van der Waals surface area (Å²) in [4.78, 5) is 25.7. The maximum atomic E-state index is 13.7. The SMILES string of the molecule is C[C@@H](C(=O)Nc1ccc(F)cc1F)N(C)Cc1ccc(C(=O)NCC(F)(F)F)cc1. The van der Waals surface area contributed by atoms with E-state index < -0.39 is 42.2 Å². The number of anilines is 1. The van der Waals surface area contributed by atoms with Crippen molar-refractivity contribution in [1.82, 2.24) is 10.2 Å². The fraction of sp³-hybridized carbons (Fsp3) is 0.300. The first kappa shape index (κ1) is 23.3. The zero-order valence-electron chi connectivity index (χ0n) is 16.2. The fourth-order valence-corrected chi connectivity index (χ4v) is 2.50. The van der Waals surface area contributed by atoms with E-state index in [0.29, 0.717) is 11.6 Å². The van der Waals surface area contributed by atoms with Crippen LogP contribution in [0.25, 0.3) is 0 Å². The van der Waals surface area contributed by atoms with Crippen LogP contribution in [0.2, 0.25) is 0 Å². The van der Waals surface area contributed by atoms with E-state index in [1.807, 2.05) is 0 Å². The molecule has 0 radical (unpaired) electrons. The van der Waals surface area contributed by atoms with Crippen molar-refractivity contribution in [1.29, 1.82) is 0 Å². The third kappa shape index (κ3) is 6.80. The van der Waals surface area contributed by atoms with Crippen molar-refractivity contribution in [2.75, 3.05) is 18.9 Å². The quantitative estimate of drug-likeness (QED) is 0.660. The lowest BCUT2D eigenvalue weighted by molar-refractivity contribution is -0.123. The first-order valence-corrected chi connectivity index (χ1v) is 8.86. The van der Waals surface area contributed by atoms with Crippen molar-refractivity contribution in [3.05, 3.63) is 65.2 Å². The Labute approximate surface area is 169 Å². The Balaban J connectivity index is 1.93. The van der Waals surface area contributed by atoms with E-state index >= 15 is 0 Å². The van der Waals surface area contributed by atoms with Crippen LogP contribution in [0, 0.1) is 11.6 Å². The van der Waals surface area contributed by atoms with E-state index in [0.717, 1.165) is 12.1 Å². The minimum atomic E-state index is -4.49. The summed E-state index contributed by atoms with van der Waals surface area (Å²) in [6.45, 7) is 0.457. The molecule has 0 saturated heterocycles. The van der Waals surface area contributed by atoms with Crippen LogP contribution in [0.15, 0.2) is 42.5 Å². The van der Waals surface area contributed by atoms with Gasteiger partial charge in [-0.05, 0) is 43.8 Å². The molecule has 2 aromatic carbocycles. The molecule has 162 valence electrons. The largest absolute Gasteiger partial charge is 0.405 e. The number of hydrogen-bond acceptors (Lipinski definition) is 3. The molecule has 0 spiro atoms. The second kappa shape index (κ2) is 9.66. The molecule has 10 heteroatoms. The molecule has 0 aliphatic carbocycles. The Bertz CT molecular complexity index is 900. The lowest BCUT2D eigenvalue weighted by Crippen LogP contribution is -2.39. The first-order valence-electron chi connectivity index (χ1n) is 8.86. The lowest BCUT2D eigenvalue weighted by Gasteiger charge is -2.24. The summed E-state index contributed by atoms with van der Waals surface area (Å²) in [5.74, 6) is -3.00. The molecule has 0 unspecified atom stereocenters. The summed E-state index contributed by atoms with van der Waals surface area (Å²) in [6, 6.07) is 8.02. The molecule has 0 aromatic heterocycles. The molecule has 0 aliphatic heterocycles. The summed E-state index contributed by atoms with van der Waals surface area (Å²) in [6.07, 6.45) is -4.49. The Morgan fingerprint density at radius 1 is 1.07 bits per heavy atom. The van der Waals surface area contributed by atoms with Crippen molar-refractivity contribution < 1.29 is 31.5 Å². The Kier molecular flexibility index (Phi) is 7.49. The van der Waals surface area contributed by atoms with Gasteiger partial charge in [0.1, 0.15) is 18.2 Å². The zero-order valence-corrected chi connectivity index (χ0v) is 16.2. The summed E-state index contributed by atoms with van der Waals surface area (Å²) < 4.78 is 63.1. The van der Waals surface area contributed by atoms with Gasteiger partial charge in [0, 0.05) is 18.2 Å². The van der Waals surface area contributed by atoms with Crippen molar-refractivity contribution in [3.8, 4) is 0 Å². The number of carbonyl (C=O) groups is 2. The molecular weight excluding hydrogens is 409 g/mol. The van der Waals surface area contributed by atoms with Crippen LogP contribution < -0.4 is 10.6 Å². The van der Waals surface area contributed by atoms with E-state index in [-0.39, 0.29) is 17.8 Å². The molecule has 0 fully saturated rings. The van der Waals surface area contributed by atoms with Crippen LogP contribution in [0.3, 0.4) is 0 Å². The van der Waals surface area contributed by atoms with E-state index in [4.69, 9.17) is 0 Å². The average Bonchev–Trinajstić information content (AvgIpc) is 2.67. The molecule has 0 saturated carbocycles. The predicted molar refractivity (Wildman–Crippen MR) is 101 cm³/mol. The molecular formula is C20H20F5N3O2. The van der Waals surface area contributed by atoms with Crippen LogP contribution in [-0.2, 0) is 11.3 Å². The van der Waals surface area contributed by atoms with Crippen LogP contribution in [0.5, 0.6) is 0 Å². The highest BCUT2D eigenvalue weighted by Gasteiger charge is 2.28. The summed E-state index contributed by atoms with van der Waals surface area (Å²) in [5.41, 5.74) is 0.636. The molecule has 2 N–H and O–H groups in total. The van der Waals surface area contributed by atoms with Crippen molar-refractivity contribution in [2.45, 2.75) is 25.7 Å². The van der Waals surface area contributed by atoms with Crippen molar-refractivity contribution >= 4 is 17.5 Å². The van der Waals surface area contributed by atoms with Crippen molar-refractivity contribution in [3.63, 3.8) is 0 Å². The summed E-state index contributed by atoms with van der Waals surface area (Å²) in [5, 5.41) is 4.17.